The largest absolute Gasteiger partial charge is 0.445 e. The van der Waals surface area contributed by atoms with Gasteiger partial charge in [-0.05, 0) is 44.5 Å². The Morgan fingerprint density at radius 3 is 1.52 bits per heavy atom. The molecule has 0 spiro atoms. The summed E-state index contributed by atoms with van der Waals surface area (Å²) in [7, 11) is 0. The third-order valence-corrected chi connectivity index (χ3v) is 7.04. The Bertz CT molecular complexity index is 1300. The summed E-state index contributed by atoms with van der Waals surface area (Å²) in [5, 5.41) is 0. The first-order chi connectivity index (χ1) is 16.3. The second-order valence-electron chi connectivity index (χ2n) is 8.67. The molecule has 159 valence electrons. The summed E-state index contributed by atoms with van der Waals surface area (Å²) in [6, 6.07) is 32.6. The van der Waals surface area contributed by atoms with Crippen LogP contribution in [0, 0.1) is 0 Å². The van der Waals surface area contributed by atoms with Crippen LogP contribution in [0.5, 0.6) is 0 Å². The lowest BCUT2D eigenvalue weighted by atomic mass is 9.84. The minimum Gasteiger partial charge on any atom is -0.445 e. The van der Waals surface area contributed by atoms with Crippen LogP contribution in [0.25, 0.3) is 22.3 Å². The molecule has 0 heterocycles. The second kappa shape index (κ2) is 7.86. The molecule has 4 aromatic rings. The van der Waals surface area contributed by atoms with Crippen LogP contribution in [0.1, 0.15) is 40.5 Å². The average molecular weight is 429 g/mol. The van der Waals surface area contributed by atoms with Crippen molar-refractivity contribution in [3.63, 3.8) is 0 Å². The fourth-order valence-electron chi connectivity index (χ4n) is 5.69. The van der Waals surface area contributed by atoms with Crippen molar-refractivity contribution in [2.24, 2.45) is 0 Å². The van der Waals surface area contributed by atoms with Gasteiger partial charge in [0.15, 0.2) is 11.9 Å². The molecular formula is C30H21O3. The van der Waals surface area contributed by atoms with E-state index in [-0.39, 0.29) is 24.0 Å². The number of rotatable bonds is 6. The molecule has 1 radical (unpaired) electrons. The molecule has 6 rings (SSSR count). The van der Waals surface area contributed by atoms with Crippen LogP contribution in [0.2, 0.25) is 0 Å². The lowest BCUT2D eigenvalue weighted by Gasteiger charge is -2.24. The molecule has 0 aromatic heterocycles. The van der Waals surface area contributed by atoms with E-state index < -0.39 is 6.10 Å². The minimum atomic E-state index is -0.924. The van der Waals surface area contributed by atoms with Crippen molar-refractivity contribution in [3.8, 4) is 22.3 Å². The Kier molecular flexibility index (Phi) is 4.69. The van der Waals surface area contributed by atoms with E-state index in [2.05, 4.69) is 36.4 Å². The van der Waals surface area contributed by atoms with E-state index in [0.29, 0.717) is 0 Å². The molecular weight excluding hydrogens is 408 g/mol. The fraction of sp³-hybridized carbons (Fsp3) is 0.133. The van der Waals surface area contributed by atoms with Gasteiger partial charge in [-0.1, -0.05) is 97.1 Å². The molecule has 2 aliphatic carbocycles. The van der Waals surface area contributed by atoms with E-state index in [9.17, 15) is 9.59 Å². The highest BCUT2D eigenvalue weighted by molar-refractivity contribution is 5.92. The van der Waals surface area contributed by atoms with Crippen LogP contribution < -0.4 is 0 Å². The van der Waals surface area contributed by atoms with E-state index in [1.165, 1.54) is 11.1 Å². The SMILES string of the molecule is O=[C]OC(C(=O)CC1c2ccccc2-c2ccccc21)C1c2ccccc2-c2ccccc21. The molecule has 33 heavy (non-hydrogen) atoms. The Hall–Kier alpha value is -3.98. The number of fused-ring (bicyclic) bond motifs is 6. The Morgan fingerprint density at radius 1 is 0.667 bits per heavy atom. The van der Waals surface area contributed by atoms with Crippen LogP contribution in [0.4, 0.5) is 0 Å². The van der Waals surface area contributed by atoms with Gasteiger partial charge in [0, 0.05) is 12.3 Å². The van der Waals surface area contributed by atoms with Crippen molar-refractivity contribution in [1.82, 2.24) is 0 Å². The molecule has 0 amide bonds. The summed E-state index contributed by atoms with van der Waals surface area (Å²) in [6.45, 7) is 1.58. The molecule has 3 heteroatoms. The highest BCUT2D eigenvalue weighted by Gasteiger charge is 2.41. The van der Waals surface area contributed by atoms with Gasteiger partial charge in [-0.3, -0.25) is 4.79 Å². The average Bonchev–Trinajstić information content (AvgIpc) is 3.36. The third kappa shape index (κ3) is 3.04. The van der Waals surface area contributed by atoms with Gasteiger partial charge in [-0.2, -0.15) is 0 Å². The number of hydrogen-bond donors (Lipinski definition) is 0. The normalized spacial score (nSPS) is 14.7. The topological polar surface area (TPSA) is 43.4 Å². The predicted molar refractivity (Wildman–Crippen MR) is 128 cm³/mol. The quantitative estimate of drug-likeness (QED) is 0.376. The lowest BCUT2D eigenvalue weighted by molar-refractivity contribution is -0.127. The summed E-state index contributed by atoms with van der Waals surface area (Å²) in [6.07, 6.45) is -0.659. The summed E-state index contributed by atoms with van der Waals surface area (Å²) < 4.78 is 5.43. The van der Waals surface area contributed by atoms with Crippen LogP contribution in [0.3, 0.4) is 0 Å². The standard InChI is InChI=1S/C30H21O3/c31-18-33-30(29-25-15-7-5-11-21(25)22-12-6-8-16-26(22)29)28(32)17-27-23-13-3-1-9-19(23)20-10-2-4-14-24(20)27/h1-16,27,29-30H,17H2. The van der Waals surface area contributed by atoms with E-state index in [4.69, 9.17) is 4.74 Å². The van der Waals surface area contributed by atoms with Crippen molar-refractivity contribution in [2.45, 2.75) is 24.4 Å². The maximum atomic E-state index is 13.8. The first-order valence-corrected chi connectivity index (χ1v) is 11.2. The summed E-state index contributed by atoms with van der Waals surface area (Å²) in [5.74, 6) is -0.487. The maximum absolute atomic E-state index is 13.8. The molecule has 1 unspecified atom stereocenters. The van der Waals surface area contributed by atoms with Gasteiger partial charge < -0.3 is 4.74 Å². The Morgan fingerprint density at radius 2 is 1.06 bits per heavy atom. The van der Waals surface area contributed by atoms with Crippen LogP contribution in [0.15, 0.2) is 97.1 Å². The van der Waals surface area contributed by atoms with Crippen LogP contribution in [-0.2, 0) is 14.3 Å². The van der Waals surface area contributed by atoms with Gasteiger partial charge in [-0.25, -0.2) is 4.79 Å². The van der Waals surface area contributed by atoms with Crippen molar-refractivity contribution in [1.29, 1.82) is 0 Å². The molecule has 3 nitrogen and oxygen atoms in total. The van der Waals surface area contributed by atoms with Gasteiger partial charge in [-0.15, -0.1) is 0 Å². The molecule has 0 saturated heterocycles. The number of hydrogen-bond acceptors (Lipinski definition) is 3. The second-order valence-corrected chi connectivity index (χ2v) is 8.67. The number of ketones is 1. The summed E-state index contributed by atoms with van der Waals surface area (Å²) in [5.41, 5.74) is 8.83. The highest BCUT2D eigenvalue weighted by Crippen LogP contribution is 2.49. The number of ether oxygens (including phenoxy) is 1. The summed E-state index contributed by atoms with van der Waals surface area (Å²) >= 11 is 0. The molecule has 2 aliphatic rings. The van der Waals surface area contributed by atoms with Crippen molar-refractivity contribution < 1.29 is 14.3 Å². The molecule has 0 bridgehead atoms. The van der Waals surface area contributed by atoms with Crippen LogP contribution in [-0.4, -0.2) is 18.4 Å². The van der Waals surface area contributed by atoms with Gasteiger partial charge in [0.2, 0.25) is 0 Å². The highest BCUT2D eigenvalue weighted by atomic mass is 16.5. The molecule has 4 aromatic carbocycles. The molecule has 0 saturated carbocycles. The summed E-state index contributed by atoms with van der Waals surface area (Å²) in [4.78, 5) is 25.2. The Labute approximate surface area is 192 Å². The first-order valence-electron chi connectivity index (χ1n) is 11.2. The van der Waals surface area contributed by atoms with Gasteiger partial charge in [0.1, 0.15) is 0 Å². The van der Waals surface area contributed by atoms with E-state index in [1.54, 1.807) is 6.47 Å². The number of benzene rings is 4. The van der Waals surface area contributed by atoms with Crippen LogP contribution >= 0.6 is 0 Å². The first kappa shape index (κ1) is 19.7. The zero-order valence-corrected chi connectivity index (χ0v) is 17.9. The van der Waals surface area contributed by atoms with Gasteiger partial charge in [0.05, 0.1) is 5.92 Å². The number of Topliss-reactive ketones (excluding diaryl/α,β-unsaturated/α-hetero) is 1. The number of carbonyl (C=O) groups is 1. The third-order valence-electron chi connectivity index (χ3n) is 7.04. The van der Waals surface area contributed by atoms with Crippen molar-refractivity contribution >= 4 is 12.3 Å². The zero-order chi connectivity index (χ0) is 22.4. The predicted octanol–water partition coefficient (Wildman–Crippen LogP) is 6.02. The van der Waals surface area contributed by atoms with Crippen molar-refractivity contribution in [2.75, 3.05) is 0 Å². The van der Waals surface area contributed by atoms with Crippen molar-refractivity contribution in [3.05, 3.63) is 119 Å². The molecule has 0 fully saturated rings. The molecule has 0 N–H and O–H groups in total. The van der Waals surface area contributed by atoms with E-state index in [1.807, 2.05) is 60.7 Å². The van der Waals surface area contributed by atoms with Gasteiger partial charge in [0.25, 0.3) is 0 Å². The van der Waals surface area contributed by atoms with E-state index in [0.717, 1.165) is 33.4 Å². The van der Waals surface area contributed by atoms with Gasteiger partial charge >= 0.3 is 6.47 Å². The smallest absolute Gasteiger partial charge is 0.418 e. The molecule has 0 aliphatic heterocycles. The molecule has 1 atom stereocenters. The minimum absolute atomic E-state index is 0.0606. The maximum Gasteiger partial charge on any atom is 0.418 e. The lowest BCUT2D eigenvalue weighted by Crippen LogP contribution is -2.32. The number of carbonyl (C=O) groups excluding carboxylic acids is 2. The zero-order valence-electron chi connectivity index (χ0n) is 17.9. The van der Waals surface area contributed by atoms with E-state index >= 15 is 0 Å². The fourth-order valence-corrected chi connectivity index (χ4v) is 5.69. The monoisotopic (exact) mass is 429 g/mol. The Balaban J connectivity index is 1.40.